The van der Waals surface area contributed by atoms with Gasteiger partial charge in [-0.25, -0.2) is 0 Å². The van der Waals surface area contributed by atoms with Gasteiger partial charge in [0.05, 0.1) is 24.2 Å². The van der Waals surface area contributed by atoms with E-state index in [1.54, 1.807) is 0 Å². The third-order valence-corrected chi connectivity index (χ3v) is 8.75. The molecular formula is C22H32O6. The molecule has 4 rings (SSSR count). The summed E-state index contributed by atoms with van der Waals surface area (Å²) in [5.41, 5.74) is -1.82. The lowest BCUT2D eigenvalue weighted by molar-refractivity contribution is -0.273. The molecule has 4 saturated carbocycles. The number of carbonyl (C=O) groups is 2. The highest BCUT2D eigenvalue weighted by atomic mass is 16.5. The molecule has 4 aliphatic carbocycles. The predicted octanol–water partition coefficient (Wildman–Crippen LogP) is 1.61. The molecule has 0 radical (unpaired) electrons. The number of ketones is 1. The van der Waals surface area contributed by atoms with Gasteiger partial charge < -0.3 is 20.1 Å². The molecule has 1 spiro atoms. The van der Waals surface area contributed by atoms with Crippen molar-refractivity contribution in [1.29, 1.82) is 0 Å². The van der Waals surface area contributed by atoms with E-state index in [1.165, 1.54) is 6.92 Å². The Labute approximate surface area is 166 Å². The number of aliphatic hydroxyl groups is 3. The van der Waals surface area contributed by atoms with E-state index in [1.807, 2.05) is 0 Å². The summed E-state index contributed by atoms with van der Waals surface area (Å²) >= 11 is 0. The molecule has 0 saturated heterocycles. The molecule has 2 bridgehead atoms. The molecular weight excluding hydrogens is 360 g/mol. The number of hydrogen-bond acceptors (Lipinski definition) is 6. The smallest absolute Gasteiger partial charge is 0.302 e. The average molecular weight is 392 g/mol. The minimum Gasteiger partial charge on any atom is -0.461 e. The Morgan fingerprint density at radius 1 is 1.14 bits per heavy atom. The van der Waals surface area contributed by atoms with Crippen LogP contribution in [-0.4, -0.2) is 51.5 Å². The number of Topliss-reactive ketones (excluding diaryl/α,β-unsaturated/α-hetero) is 1. The first kappa shape index (κ1) is 20.0. The fourth-order valence-corrected chi connectivity index (χ4v) is 7.81. The second-order valence-electron chi connectivity index (χ2n) is 10.5. The van der Waals surface area contributed by atoms with E-state index >= 15 is 0 Å². The van der Waals surface area contributed by atoms with Crippen LogP contribution in [0.5, 0.6) is 0 Å². The van der Waals surface area contributed by atoms with Crippen LogP contribution in [0.4, 0.5) is 0 Å². The van der Waals surface area contributed by atoms with Crippen molar-refractivity contribution < 1.29 is 29.6 Å². The van der Waals surface area contributed by atoms with Gasteiger partial charge in [0.25, 0.3) is 0 Å². The summed E-state index contributed by atoms with van der Waals surface area (Å²) in [6.07, 6.45) is -1.34. The third-order valence-electron chi connectivity index (χ3n) is 8.75. The van der Waals surface area contributed by atoms with E-state index in [9.17, 15) is 24.9 Å². The number of hydrogen-bond donors (Lipinski definition) is 3. The minimum atomic E-state index is -1.44. The zero-order valence-corrected chi connectivity index (χ0v) is 17.1. The standard InChI is InChI=1S/C22H32O6/c1-10-14-15(25)16(26)17-21(5)8-6-7-20(3,4)12(21)9-13(24)22(17,18(10)27)19(14)28-11(2)23/h12-17,19,24-26H,1,6-9H2,2-5H3/t12-,13-,14-,15-,16+,17+,19-,21-,22-/m1/s1. The van der Waals surface area contributed by atoms with Gasteiger partial charge in [-0.15, -0.1) is 0 Å². The van der Waals surface area contributed by atoms with Crippen LogP contribution in [-0.2, 0) is 14.3 Å². The van der Waals surface area contributed by atoms with E-state index in [4.69, 9.17) is 4.74 Å². The van der Waals surface area contributed by atoms with Gasteiger partial charge in [0.1, 0.15) is 11.5 Å². The van der Waals surface area contributed by atoms with Gasteiger partial charge in [0.15, 0.2) is 5.78 Å². The lowest BCUT2D eigenvalue weighted by atomic mass is 9.39. The topological polar surface area (TPSA) is 104 Å². The van der Waals surface area contributed by atoms with Crippen molar-refractivity contribution in [3.63, 3.8) is 0 Å². The van der Waals surface area contributed by atoms with Crippen LogP contribution in [0.15, 0.2) is 12.2 Å². The minimum absolute atomic E-state index is 0.0628. The number of aliphatic hydroxyl groups excluding tert-OH is 3. The molecule has 0 amide bonds. The molecule has 0 aromatic rings. The van der Waals surface area contributed by atoms with Crippen molar-refractivity contribution in [1.82, 2.24) is 0 Å². The highest BCUT2D eigenvalue weighted by molar-refractivity contribution is 6.05. The first-order valence-electron chi connectivity index (χ1n) is 10.4. The lowest BCUT2D eigenvalue weighted by Gasteiger charge is -2.66. The van der Waals surface area contributed by atoms with Crippen LogP contribution in [0, 0.1) is 34.0 Å². The van der Waals surface area contributed by atoms with Gasteiger partial charge in [0.2, 0.25) is 0 Å². The Morgan fingerprint density at radius 3 is 2.39 bits per heavy atom. The zero-order valence-electron chi connectivity index (χ0n) is 17.1. The first-order chi connectivity index (χ1) is 12.9. The Bertz CT molecular complexity index is 743. The van der Waals surface area contributed by atoms with Gasteiger partial charge >= 0.3 is 5.97 Å². The highest BCUT2D eigenvalue weighted by Gasteiger charge is 2.79. The average Bonchev–Trinajstić information content (AvgIpc) is 2.74. The molecule has 0 heterocycles. The van der Waals surface area contributed by atoms with Crippen molar-refractivity contribution in [2.45, 2.75) is 77.8 Å². The van der Waals surface area contributed by atoms with Crippen LogP contribution in [0.3, 0.4) is 0 Å². The number of rotatable bonds is 1. The monoisotopic (exact) mass is 392 g/mol. The summed E-state index contributed by atoms with van der Waals surface area (Å²) in [4.78, 5) is 25.4. The van der Waals surface area contributed by atoms with Gasteiger partial charge in [-0.2, -0.15) is 0 Å². The van der Waals surface area contributed by atoms with Crippen LogP contribution >= 0.6 is 0 Å². The Balaban J connectivity index is 1.96. The second-order valence-corrected chi connectivity index (χ2v) is 10.5. The summed E-state index contributed by atoms with van der Waals surface area (Å²) in [5.74, 6) is -2.43. The highest BCUT2D eigenvalue weighted by Crippen LogP contribution is 2.71. The van der Waals surface area contributed by atoms with Crippen molar-refractivity contribution in [3.05, 3.63) is 12.2 Å². The predicted molar refractivity (Wildman–Crippen MR) is 101 cm³/mol. The number of esters is 1. The van der Waals surface area contributed by atoms with Gasteiger partial charge in [-0.05, 0) is 41.6 Å². The molecule has 6 nitrogen and oxygen atoms in total. The van der Waals surface area contributed by atoms with Crippen molar-refractivity contribution in [2.75, 3.05) is 0 Å². The van der Waals surface area contributed by atoms with Crippen LogP contribution in [0.1, 0.15) is 53.4 Å². The fourth-order valence-electron chi connectivity index (χ4n) is 7.81. The molecule has 4 aliphatic rings. The third kappa shape index (κ3) is 2.14. The lowest BCUT2D eigenvalue weighted by Crippen LogP contribution is -2.73. The van der Waals surface area contributed by atoms with Crippen LogP contribution < -0.4 is 0 Å². The van der Waals surface area contributed by atoms with E-state index in [0.29, 0.717) is 6.42 Å². The molecule has 3 N–H and O–H groups in total. The van der Waals surface area contributed by atoms with Gasteiger partial charge in [-0.1, -0.05) is 33.8 Å². The Morgan fingerprint density at radius 2 is 1.79 bits per heavy atom. The molecule has 0 aromatic carbocycles. The van der Waals surface area contributed by atoms with E-state index in [0.717, 1.165) is 19.3 Å². The summed E-state index contributed by atoms with van der Waals surface area (Å²) in [6, 6.07) is 0. The van der Waals surface area contributed by atoms with E-state index in [-0.39, 0.29) is 22.7 Å². The van der Waals surface area contributed by atoms with E-state index < -0.39 is 53.1 Å². The maximum atomic E-state index is 13.5. The quantitative estimate of drug-likeness (QED) is 0.463. The molecule has 4 fully saturated rings. The van der Waals surface area contributed by atoms with Crippen LogP contribution in [0.25, 0.3) is 0 Å². The van der Waals surface area contributed by atoms with Gasteiger partial charge in [0, 0.05) is 12.8 Å². The molecule has 28 heavy (non-hydrogen) atoms. The maximum absolute atomic E-state index is 13.5. The van der Waals surface area contributed by atoms with Gasteiger partial charge in [-0.3, -0.25) is 9.59 Å². The molecule has 0 unspecified atom stereocenters. The fraction of sp³-hybridized carbons (Fsp3) is 0.818. The Kier molecular flexibility index (Phi) is 4.22. The first-order valence-corrected chi connectivity index (χ1v) is 10.4. The summed E-state index contributed by atoms with van der Waals surface area (Å²) < 4.78 is 5.59. The van der Waals surface area contributed by atoms with Crippen molar-refractivity contribution in [3.8, 4) is 0 Å². The number of carbonyl (C=O) groups excluding carboxylic acids is 2. The largest absolute Gasteiger partial charge is 0.461 e. The summed E-state index contributed by atoms with van der Waals surface area (Å²) in [7, 11) is 0. The maximum Gasteiger partial charge on any atom is 0.302 e. The van der Waals surface area contributed by atoms with Crippen molar-refractivity contribution in [2.24, 2.45) is 34.0 Å². The SMILES string of the molecule is C=C1C(=O)[C@@]23[C@H](O)C[C@@H]4C(C)(C)CCC[C@@]4(C)[C@@H]2[C@@H](O)[C@H](O)[C@@H]1[C@H]3OC(C)=O. The Hall–Kier alpha value is -1.24. The molecule has 6 heteroatoms. The van der Waals surface area contributed by atoms with E-state index in [2.05, 4.69) is 27.4 Å². The molecule has 0 aromatic heterocycles. The normalized spacial score (nSPS) is 52.0. The summed E-state index contributed by atoms with van der Waals surface area (Å²) in [5, 5.41) is 33.6. The molecule has 9 atom stereocenters. The summed E-state index contributed by atoms with van der Waals surface area (Å²) in [6.45, 7) is 11.6. The zero-order chi connectivity index (χ0) is 20.8. The molecule has 156 valence electrons. The number of fused-ring (bicyclic) bond motifs is 3. The molecule has 0 aliphatic heterocycles. The second kappa shape index (κ2) is 5.89. The van der Waals surface area contributed by atoms with Crippen molar-refractivity contribution >= 4 is 11.8 Å². The van der Waals surface area contributed by atoms with Crippen LogP contribution in [0.2, 0.25) is 0 Å². The number of ether oxygens (including phenoxy) is 1.